The highest BCUT2D eigenvalue weighted by molar-refractivity contribution is 5.78. The maximum atomic E-state index is 11.8. The predicted molar refractivity (Wildman–Crippen MR) is 66.7 cm³/mol. The third-order valence-corrected chi connectivity index (χ3v) is 2.29. The zero-order chi connectivity index (χ0) is 13.7. The second kappa shape index (κ2) is 6.36. The van der Waals surface area contributed by atoms with Crippen LogP contribution >= 0.6 is 0 Å². The van der Waals surface area contributed by atoms with Crippen LogP contribution in [0.4, 0.5) is 0 Å². The van der Waals surface area contributed by atoms with E-state index in [4.69, 9.17) is 14.6 Å². The molecule has 0 heterocycles. The van der Waals surface area contributed by atoms with Crippen LogP contribution in [-0.4, -0.2) is 36.5 Å². The molecule has 0 aromatic rings. The fourth-order valence-corrected chi connectivity index (χ4v) is 0.897. The maximum absolute atomic E-state index is 11.8. The molecule has 0 aliphatic carbocycles. The van der Waals surface area contributed by atoms with Gasteiger partial charge >= 0.3 is 5.97 Å². The molecule has 0 amide bonds. The van der Waals surface area contributed by atoms with E-state index < -0.39 is 5.60 Å². The maximum Gasteiger partial charge on any atom is 0.337 e. The van der Waals surface area contributed by atoms with Crippen LogP contribution in [0.1, 0.15) is 41.5 Å². The Hall–Kier alpha value is -0.610. The number of hydrogen-bond acceptors (Lipinski definition) is 4. The van der Waals surface area contributed by atoms with Gasteiger partial charge in [0.15, 0.2) is 5.60 Å². The van der Waals surface area contributed by atoms with Crippen molar-refractivity contribution in [3.63, 3.8) is 0 Å². The molecule has 4 nitrogen and oxygen atoms in total. The van der Waals surface area contributed by atoms with Crippen LogP contribution in [-0.2, 0) is 14.3 Å². The first-order valence-corrected chi connectivity index (χ1v) is 6.03. The Morgan fingerprint density at radius 1 is 1.24 bits per heavy atom. The second-order valence-corrected chi connectivity index (χ2v) is 6.11. The molecule has 0 radical (unpaired) electrons. The molecule has 0 atom stereocenters. The highest BCUT2D eigenvalue weighted by Crippen LogP contribution is 2.20. The van der Waals surface area contributed by atoms with Crippen LogP contribution < -0.4 is 0 Å². The fourth-order valence-electron chi connectivity index (χ4n) is 0.897. The normalized spacial score (nSPS) is 12.9. The number of rotatable bonds is 7. The van der Waals surface area contributed by atoms with Crippen molar-refractivity contribution >= 4 is 5.97 Å². The average molecular weight is 246 g/mol. The lowest BCUT2D eigenvalue weighted by atomic mass is 9.96. The van der Waals surface area contributed by atoms with Crippen molar-refractivity contribution < 1.29 is 19.4 Å². The van der Waals surface area contributed by atoms with Gasteiger partial charge in [0.1, 0.15) is 0 Å². The van der Waals surface area contributed by atoms with Gasteiger partial charge in [-0.15, -0.1) is 0 Å². The van der Waals surface area contributed by atoms with E-state index >= 15 is 0 Å². The van der Waals surface area contributed by atoms with E-state index in [0.29, 0.717) is 19.1 Å². The lowest BCUT2D eigenvalue weighted by molar-refractivity contribution is -0.173. The molecule has 102 valence electrons. The molecule has 0 saturated carbocycles. The summed E-state index contributed by atoms with van der Waals surface area (Å²) in [5.41, 5.74) is -1.32. The van der Waals surface area contributed by atoms with Gasteiger partial charge < -0.3 is 14.6 Å². The van der Waals surface area contributed by atoms with Gasteiger partial charge in [-0.05, 0) is 19.8 Å². The predicted octanol–water partition coefficient (Wildman–Crippen LogP) is 2.00. The third kappa shape index (κ3) is 6.64. The Kier molecular flexibility index (Phi) is 6.13. The lowest BCUT2D eigenvalue weighted by Gasteiger charge is -2.29. The molecule has 0 aliphatic heterocycles. The Morgan fingerprint density at radius 2 is 1.76 bits per heavy atom. The van der Waals surface area contributed by atoms with Crippen LogP contribution in [0.3, 0.4) is 0 Å². The Labute approximate surface area is 104 Å². The molecule has 0 aromatic carbocycles. The number of esters is 1. The van der Waals surface area contributed by atoms with Crippen molar-refractivity contribution in [1.29, 1.82) is 0 Å². The Balaban J connectivity index is 4.22. The summed E-state index contributed by atoms with van der Waals surface area (Å²) in [4.78, 5) is 11.8. The van der Waals surface area contributed by atoms with E-state index in [0.717, 1.165) is 0 Å². The van der Waals surface area contributed by atoms with E-state index in [-0.39, 0.29) is 18.0 Å². The first kappa shape index (κ1) is 16.4. The van der Waals surface area contributed by atoms with Crippen molar-refractivity contribution in [2.24, 2.45) is 11.3 Å². The molecule has 0 bridgehead atoms. The molecule has 0 spiro atoms. The molecule has 0 rings (SSSR count). The van der Waals surface area contributed by atoms with E-state index in [2.05, 4.69) is 0 Å². The highest BCUT2D eigenvalue weighted by Gasteiger charge is 2.32. The van der Waals surface area contributed by atoms with Gasteiger partial charge in [-0.1, -0.05) is 27.7 Å². The number of aliphatic hydroxyl groups excluding tert-OH is 1. The number of hydrogen-bond donors (Lipinski definition) is 1. The minimum Gasteiger partial charge on any atom is -0.463 e. The van der Waals surface area contributed by atoms with Gasteiger partial charge in [0, 0.05) is 5.41 Å². The van der Waals surface area contributed by atoms with Crippen LogP contribution in [0.2, 0.25) is 0 Å². The SMILES string of the molecule is CC(C)COC(=O)C(C)(C)OCC(C)(C)CO. The number of ether oxygens (including phenoxy) is 2. The zero-order valence-corrected chi connectivity index (χ0v) is 11.9. The topological polar surface area (TPSA) is 55.8 Å². The fraction of sp³-hybridized carbons (Fsp3) is 0.923. The number of carbonyl (C=O) groups excluding carboxylic acids is 1. The smallest absolute Gasteiger partial charge is 0.337 e. The monoisotopic (exact) mass is 246 g/mol. The van der Waals surface area contributed by atoms with E-state index in [1.807, 2.05) is 27.7 Å². The van der Waals surface area contributed by atoms with Crippen molar-refractivity contribution in [1.82, 2.24) is 0 Å². The van der Waals surface area contributed by atoms with Crippen molar-refractivity contribution in [2.75, 3.05) is 19.8 Å². The summed E-state index contributed by atoms with van der Waals surface area (Å²) in [6, 6.07) is 0. The summed E-state index contributed by atoms with van der Waals surface area (Å²) < 4.78 is 10.7. The summed E-state index contributed by atoms with van der Waals surface area (Å²) in [6.07, 6.45) is 0. The first-order valence-electron chi connectivity index (χ1n) is 6.03. The van der Waals surface area contributed by atoms with E-state index in [9.17, 15) is 4.79 Å². The molecular weight excluding hydrogens is 220 g/mol. The molecule has 0 saturated heterocycles. The Bertz CT molecular complexity index is 244. The van der Waals surface area contributed by atoms with Crippen molar-refractivity contribution in [3.8, 4) is 0 Å². The molecule has 4 heteroatoms. The van der Waals surface area contributed by atoms with Crippen LogP contribution in [0.5, 0.6) is 0 Å². The van der Waals surface area contributed by atoms with Crippen LogP contribution in [0.15, 0.2) is 0 Å². The summed E-state index contributed by atoms with van der Waals surface area (Å²) in [7, 11) is 0. The van der Waals surface area contributed by atoms with Gasteiger partial charge in [0.05, 0.1) is 19.8 Å². The van der Waals surface area contributed by atoms with E-state index in [1.54, 1.807) is 13.8 Å². The molecule has 17 heavy (non-hydrogen) atoms. The molecular formula is C13H26O4. The van der Waals surface area contributed by atoms with Crippen molar-refractivity contribution in [2.45, 2.75) is 47.1 Å². The van der Waals surface area contributed by atoms with Gasteiger partial charge in [-0.2, -0.15) is 0 Å². The summed E-state index contributed by atoms with van der Waals surface area (Å²) in [6.45, 7) is 11.8. The molecule has 1 N–H and O–H groups in total. The second-order valence-electron chi connectivity index (χ2n) is 6.11. The van der Waals surface area contributed by atoms with Gasteiger partial charge in [-0.25, -0.2) is 4.79 Å². The first-order chi connectivity index (χ1) is 7.60. The quantitative estimate of drug-likeness (QED) is 0.698. The summed E-state index contributed by atoms with van der Waals surface area (Å²) >= 11 is 0. The number of aliphatic hydroxyl groups is 1. The highest BCUT2D eigenvalue weighted by atomic mass is 16.6. The van der Waals surface area contributed by atoms with Crippen LogP contribution in [0.25, 0.3) is 0 Å². The summed E-state index contributed by atoms with van der Waals surface area (Å²) in [5, 5.41) is 9.11. The standard InChI is InChI=1S/C13H26O4/c1-10(2)7-16-11(15)13(5,6)17-9-12(3,4)8-14/h10,14H,7-9H2,1-6H3. The largest absolute Gasteiger partial charge is 0.463 e. The molecule has 0 aliphatic rings. The minimum absolute atomic E-state index is 0.0180. The molecule has 0 unspecified atom stereocenters. The Morgan fingerprint density at radius 3 is 2.18 bits per heavy atom. The van der Waals surface area contributed by atoms with Gasteiger partial charge in [-0.3, -0.25) is 0 Å². The van der Waals surface area contributed by atoms with Gasteiger partial charge in [0.2, 0.25) is 0 Å². The van der Waals surface area contributed by atoms with Gasteiger partial charge in [0.25, 0.3) is 0 Å². The third-order valence-electron chi connectivity index (χ3n) is 2.29. The van der Waals surface area contributed by atoms with Crippen molar-refractivity contribution in [3.05, 3.63) is 0 Å². The summed E-state index contributed by atoms with van der Waals surface area (Å²) in [5.74, 6) is -0.0522. The molecule has 0 aromatic heterocycles. The number of carbonyl (C=O) groups is 1. The average Bonchev–Trinajstić information content (AvgIpc) is 2.23. The zero-order valence-electron chi connectivity index (χ0n) is 11.9. The molecule has 0 fully saturated rings. The lowest BCUT2D eigenvalue weighted by Crippen LogP contribution is -2.40. The van der Waals surface area contributed by atoms with Crippen LogP contribution in [0, 0.1) is 11.3 Å². The minimum atomic E-state index is -0.971. The van der Waals surface area contributed by atoms with E-state index in [1.165, 1.54) is 0 Å².